The Labute approximate surface area is 106 Å². The van der Waals surface area contributed by atoms with Crippen LogP contribution in [0.4, 0.5) is 0 Å². The molecular weight excluding hydrogens is 232 g/mol. The van der Waals surface area contributed by atoms with Crippen molar-refractivity contribution < 1.29 is 5.11 Å². The molecule has 0 aliphatic rings. The fourth-order valence-corrected chi connectivity index (χ4v) is 2.00. The Morgan fingerprint density at radius 1 is 1.00 bits per heavy atom. The highest BCUT2D eigenvalue weighted by Crippen LogP contribution is 2.24. The third kappa shape index (κ3) is 2.76. The van der Waals surface area contributed by atoms with Gasteiger partial charge in [0.05, 0.1) is 6.61 Å². The predicted octanol–water partition coefficient (Wildman–Crippen LogP) is 3.81. The lowest BCUT2D eigenvalue weighted by Gasteiger charge is -2.08. The molecule has 86 valence electrons. The lowest BCUT2D eigenvalue weighted by Crippen LogP contribution is -1.89. The largest absolute Gasteiger partial charge is 0.392 e. The molecule has 2 heteroatoms. The molecule has 0 atom stereocenters. The van der Waals surface area contributed by atoms with E-state index in [-0.39, 0.29) is 6.61 Å². The summed E-state index contributed by atoms with van der Waals surface area (Å²) < 4.78 is 0. The fourth-order valence-electron chi connectivity index (χ4n) is 1.75. The van der Waals surface area contributed by atoms with Crippen molar-refractivity contribution in [2.75, 3.05) is 0 Å². The van der Waals surface area contributed by atoms with Crippen LogP contribution in [0.1, 0.15) is 16.7 Å². The molecule has 0 aromatic heterocycles. The van der Waals surface area contributed by atoms with Crippen LogP contribution in [0.15, 0.2) is 60.1 Å². The highest BCUT2D eigenvalue weighted by atomic mass is 35.5. The van der Waals surface area contributed by atoms with Gasteiger partial charge in [0.15, 0.2) is 0 Å². The number of benzene rings is 2. The van der Waals surface area contributed by atoms with Gasteiger partial charge in [-0.1, -0.05) is 60.1 Å². The van der Waals surface area contributed by atoms with Crippen molar-refractivity contribution in [2.24, 2.45) is 0 Å². The predicted molar refractivity (Wildman–Crippen MR) is 71.7 cm³/mol. The molecule has 0 heterocycles. The van der Waals surface area contributed by atoms with Gasteiger partial charge >= 0.3 is 0 Å². The molecule has 0 aliphatic heterocycles. The van der Waals surface area contributed by atoms with E-state index in [9.17, 15) is 0 Å². The van der Waals surface area contributed by atoms with Crippen LogP contribution in [-0.2, 0) is 6.61 Å². The molecule has 1 N–H and O–H groups in total. The minimum Gasteiger partial charge on any atom is -0.392 e. The lowest BCUT2D eigenvalue weighted by molar-refractivity contribution is 0.282. The molecule has 0 aliphatic carbocycles. The summed E-state index contributed by atoms with van der Waals surface area (Å²) in [5.41, 5.74) is 5.50. The minimum atomic E-state index is 0.0399. The van der Waals surface area contributed by atoms with E-state index in [0.717, 1.165) is 22.3 Å². The monoisotopic (exact) mass is 244 g/mol. The summed E-state index contributed by atoms with van der Waals surface area (Å²) >= 11 is 5.91. The van der Waals surface area contributed by atoms with Gasteiger partial charge in [-0.2, -0.15) is 0 Å². The average Bonchev–Trinajstić information content (AvgIpc) is 2.41. The van der Waals surface area contributed by atoms with Crippen LogP contribution >= 0.6 is 11.6 Å². The first-order chi connectivity index (χ1) is 8.35. The Kier molecular flexibility index (Phi) is 3.97. The summed E-state index contributed by atoms with van der Waals surface area (Å²) in [6, 6.07) is 17.7. The van der Waals surface area contributed by atoms with Crippen LogP contribution in [-0.4, -0.2) is 5.11 Å². The third-order valence-corrected chi connectivity index (χ3v) is 2.83. The molecule has 17 heavy (non-hydrogen) atoms. The van der Waals surface area contributed by atoms with E-state index in [0.29, 0.717) is 0 Å². The van der Waals surface area contributed by atoms with Crippen LogP contribution in [0, 0.1) is 0 Å². The normalized spacial score (nSPS) is 11.5. The SMILES string of the molecule is OCc1cccc(/C(=C\Cl)c2ccccc2)c1. The van der Waals surface area contributed by atoms with E-state index < -0.39 is 0 Å². The van der Waals surface area contributed by atoms with Crippen LogP contribution in [0.25, 0.3) is 5.57 Å². The van der Waals surface area contributed by atoms with E-state index >= 15 is 0 Å². The number of rotatable bonds is 3. The second kappa shape index (κ2) is 5.67. The average molecular weight is 245 g/mol. The topological polar surface area (TPSA) is 20.2 Å². The molecule has 2 rings (SSSR count). The number of aliphatic hydroxyl groups excluding tert-OH is 1. The third-order valence-electron chi connectivity index (χ3n) is 2.61. The van der Waals surface area contributed by atoms with Crippen LogP contribution < -0.4 is 0 Å². The lowest BCUT2D eigenvalue weighted by atomic mass is 9.98. The summed E-state index contributed by atoms with van der Waals surface area (Å²) in [5.74, 6) is 0. The molecule has 0 amide bonds. The molecular formula is C15H13ClO. The Bertz CT molecular complexity index is 517. The first kappa shape index (κ1) is 11.9. The number of halogens is 1. The van der Waals surface area contributed by atoms with Crippen molar-refractivity contribution in [1.29, 1.82) is 0 Å². The molecule has 2 aromatic rings. The van der Waals surface area contributed by atoms with Crippen LogP contribution in [0.3, 0.4) is 0 Å². The number of aliphatic hydroxyl groups is 1. The zero-order chi connectivity index (χ0) is 12.1. The summed E-state index contributed by atoms with van der Waals surface area (Å²) in [6.45, 7) is 0.0399. The van der Waals surface area contributed by atoms with Crippen molar-refractivity contribution in [3.05, 3.63) is 76.8 Å². The first-order valence-corrected chi connectivity index (χ1v) is 5.85. The molecule has 0 saturated carbocycles. The zero-order valence-corrected chi connectivity index (χ0v) is 10.1. The van der Waals surface area contributed by atoms with Gasteiger partial charge in [-0.05, 0) is 22.8 Å². The smallest absolute Gasteiger partial charge is 0.0682 e. The maximum absolute atomic E-state index is 9.13. The maximum atomic E-state index is 9.13. The molecule has 0 spiro atoms. The Hall–Kier alpha value is -1.57. The van der Waals surface area contributed by atoms with Crippen molar-refractivity contribution in [2.45, 2.75) is 6.61 Å². The highest BCUT2D eigenvalue weighted by molar-refractivity contribution is 6.29. The van der Waals surface area contributed by atoms with Gasteiger partial charge in [-0.15, -0.1) is 0 Å². The quantitative estimate of drug-likeness (QED) is 0.871. The summed E-state index contributed by atoms with van der Waals surface area (Å²) in [4.78, 5) is 0. The molecule has 2 aromatic carbocycles. The molecule has 1 nitrogen and oxygen atoms in total. The standard InChI is InChI=1S/C15H13ClO/c16-10-15(13-6-2-1-3-7-13)14-8-4-5-12(9-14)11-17/h1-10,17H,11H2/b15-10-. The molecule has 0 radical (unpaired) electrons. The van der Waals surface area contributed by atoms with Gasteiger partial charge in [0.2, 0.25) is 0 Å². The van der Waals surface area contributed by atoms with Crippen molar-refractivity contribution in [3.63, 3.8) is 0 Å². The van der Waals surface area contributed by atoms with E-state index in [1.54, 1.807) is 5.54 Å². The number of hydrogen-bond donors (Lipinski definition) is 1. The van der Waals surface area contributed by atoms with Gasteiger partial charge in [-0.25, -0.2) is 0 Å². The fraction of sp³-hybridized carbons (Fsp3) is 0.0667. The summed E-state index contributed by atoms with van der Waals surface area (Å²) in [6.07, 6.45) is 0. The van der Waals surface area contributed by atoms with Crippen molar-refractivity contribution in [1.82, 2.24) is 0 Å². The first-order valence-electron chi connectivity index (χ1n) is 5.41. The highest BCUT2D eigenvalue weighted by Gasteiger charge is 2.04. The summed E-state index contributed by atoms with van der Waals surface area (Å²) in [7, 11) is 0. The van der Waals surface area contributed by atoms with E-state index in [4.69, 9.17) is 16.7 Å². The molecule has 0 bridgehead atoms. The second-order valence-electron chi connectivity index (χ2n) is 3.75. The minimum absolute atomic E-state index is 0.0399. The Balaban J connectivity index is 2.43. The van der Waals surface area contributed by atoms with Crippen molar-refractivity contribution >= 4 is 17.2 Å². The van der Waals surface area contributed by atoms with Crippen LogP contribution in [0.2, 0.25) is 0 Å². The van der Waals surface area contributed by atoms with Gasteiger partial charge in [0, 0.05) is 11.1 Å². The Morgan fingerprint density at radius 2 is 1.71 bits per heavy atom. The van der Waals surface area contributed by atoms with Gasteiger partial charge in [0.1, 0.15) is 0 Å². The molecule has 0 saturated heterocycles. The van der Waals surface area contributed by atoms with Crippen molar-refractivity contribution in [3.8, 4) is 0 Å². The van der Waals surface area contributed by atoms with Crippen LogP contribution in [0.5, 0.6) is 0 Å². The van der Waals surface area contributed by atoms with Gasteiger partial charge in [0.25, 0.3) is 0 Å². The van der Waals surface area contributed by atoms with E-state index in [1.165, 1.54) is 0 Å². The number of hydrogen-bond acceptors (Lipinski definition) is 1. The molecule has 0 unspecified atom stereocenters. The van der Waals surface area contributed by atoms with E-state index in [2.05, 4.69) is 0 Å². The Morgan fingerprint density at radius 3 is 2.35 bits per heavy atom. The van der Waals surface area contributed by atoms with E-state index in [1.807, 2.05) is 54.6 Å². The zero-order valence-electron chi connectivity index (χ0n) is 9.31. The maximum Gasteiger partial charge on any atom is 0.0682 e. The van der Waals surface area contributed by atoms with Gasteiger partial charge < -0.3 is 5.11 Å². The molecule has 0 fully saturated rings. The second-order valence-corrected chi connectivity index (χ2v) is 3.97. The summed E-state index contributed by atoms with van der Waals surface area (Å²) in [5, 5.41) is 9.13. The van der Waals surface area contributed by atoms with Gasteiger partial charge in [-0.3, -0.25) is 0 Å².